The molecule has 0 saturated heterocycles. The van der Waals surface area contributed by atoms with Crippen LogP contribution in [0.2, 0.25) is 0 Å². The Hall–Kier alpha value is -5.24. The van der Waals surface area contributed by atoms with Gasteiger partial charge in [0.15, 0.2) is 28.7 Å². The summed E-state index contributed by atoms with van der Waals surface area (Å²) in [7, 11) is 1.45. The summed E-state index contributed by atoms with van der Waals surface area (Å²) >= 11 is 0. The van der Waals surface area contributed by atoms with Crippen molar-refractivity contribution in [2.24, 2.45) is 0 Å². The van der Waals surface area contributed by atoms with Crippen LogP contribution in [0.25, 0.3) is 5.65 Å². The number of aromatic amines is 1. The molecule has 2 aromatic heterocycles. The van der Waals surface area contributed by atoms with E-state index < -0.39 is 11.9 Å². The van der Waals surface area contributed by atoms with Gasteiger partial charge in [-0.2, -0.15) is 0 Å². The monoisotopic (exact) mass is 661 g/mol. The zero-order valence-electron chi connectivity index (χ0n) is 27.2. The second kappa shape index (κ2) is 15.6. The molecule has 0 saturated carbocycles. The Morgan fingerprint density at radius 3 is 2.58 bits per heavy atom. The lowest BCUT2D eigenvalue weighted by Crippen LogP contribution is -2.46. The summed E-state index contributed by atoms with van der Waals surface area (Å²) in [6, 6.07) is 11.5. The number of methoxy groups -OCH3 is 1. The lowest BCUT2D eigenvalue weighted by Gasteiger charge is -2.22. The number of benzene rings is 2. The number of rotatable bonds is 4. The van der Waals surface area contributed by atoms with Crippen LogP contribution in [0, 0.1) is 12.7 Å². The average molecular weight is 662 g/mol. The van der Waals surface area contributed by atoms with Crippen LogP contribution in [0.5, 0.6) is 17.2 Å². The number of carbonyl (C=O) groups is 3. The van der Waals surface area contributed by atoms with Gasteiger partial charge in [-0.15, -0.1) is 0 Å². The van der Waals surface area contributed by atoms with Crippen LogP contribution in [0.4, 0.5) is 4.39 Å². The molecule has 0 unspecified atom stereocenters. The Kier molecular flexibility index (Phi) is 11.1. The van der Waals surface area contributed by atoms with Gasteiger partial charge in [0.25, 0.3) is 11.5 Å². The fourth-order valence-electron chi connectivity index (χ4n) is 5.50. The smallest absolute Gasteiger partial charge is 0.272 e. The van der Waals surface area contributed by atoms with E-state index in [0.717, 1.165) is 5.69 Å². The predicted octanol–water partition coefficient (Wildman–Crippen LogP) is 3.20. The van der Waals surface area contributed by atoms with Crippen LogP contribution in [0.1, 0.15) is 59.9 Å². The van der Waals surface area contributed by atoms with Crippen LogP contribution in [-0.4, -0.2) is 70.0 Å². The minimum Gasteiger partial charge on any atom is -0.493 e. The van der Waals surface area contributed by atoms with E-state index in [2.05, 4.69) is 30.9 Å². The number of ether oxygens (including phenoxy) is 2. The van der Waals surface area contributed by atoms with Gasteiger partial charge in [-0.1, -0.05) is 13.0 Å². The van der Waals surface area contributed by atoms with Gasteiger partial charge < -0.3 is 25.4 Å². The fraction of sp³-hybridized carbons (Fsp3) is 0.382. The van der Waals surface area contributed by atoms with Gasteiger partial charge >= 0.3 is 0 Å². The topological polar surface area (TPSA) is 159 Å². The Morgan fingerprint density at radius 1 is 1.00 bits per heavy atom. The lowest BCUT2D eigenvalue weighted by atomic mass is 10.1. The fourth-order valence-corrected chi connectivity index (χ4v) is 5.50. The third kappa shape index (κ3) is 8.56. The zero-order chi connectivity index (χ0) is 34.2. The van der Waals surface area contributed by atoms with Crippen molar-refractivity contribution in [1.82, 2.24) is 35.4 Å². The van der Waals surface area contributed by atoms with Crippen molar-refractivity contribution < 1.29 is 28.2 Å². The maximum Gasteiger partial charge on any atom is 0.272 e. The maximum atomic E-state index is 15.1. The minimum atomic E-state index is -0.750. The molecule has 3 amide bonds. The van der Waals surface area contributed by atoms with E-state index in [9.17, 15) is 19.2 Å². The number of hydrogen-bond acceptors (Lipinski definition) is 8. The molecule has 254 valence electrons. The van der Waals surface area contributed by atoms with E-state index in [1.807, 2.05) is 6.92 Å². The maximum absolute atomic E-state index is 15.1. The summed E-state index contributed by atoms with van der Waals surface area (Å²) in [6.07, 6.45) is 1.61. The highest BCUT2D eigenvalue weighted by Gasteiger charge is 2.20. The largest absolute Gasteiger partial charge is 0.493 e. The first-order chi connectivity index (χ1) is 23.1. The Labute approximate surface area is 276 Å². The van der Waals surface area contributed by atoms with Crippen molar-refractivity contribution in [2.75, 3.05) is 26.7 Å². The van der Waals surface area contributed by atoms with Gasteiger partial charge in [0, 0.05) is 56.0 Å². The summed E-state index contributed by atoms with van der Waals surface area (Å²) in [5.74, 6) is -1.26. The number of fused-ring (bicyclic) bond motifs is 17. The van der Waals surface area contributed by atoms with E-state index in [1.165, 1.54) is 35.9 Å². The molecule has 1 atom stereocenters. The van der Waals surface area contributed by atoms with E-state index in [1.54, 1.807) is 31.2 Å². The van der Waals surface area contributed by atoms with E-state index >= 15 is 4.39 Å². The van der Waals surface area contributed by atoms with Crippen LogP contribution in [-0.2, 0) is 22.7 Å². The van der Waals surface area contributed by atoms with Gasteiger partial charge in [-0.25, -0.2) is 13.9 Å². The van der Waals surface area contributed by atoms with Gasteiger partial charge in [0.1, 0.15) is 6.04 Å². The molecule has 0 radical (unpaired) electrons. The van der Waals surface area contributed by atoms with E-state index in [4.69, 9.17) is 9.47 Å². The first-order valence-electron chi connectivity index (χ1n) is 15.9. The number of aromatic nitrogens is 3. The van der Waals surface area contributed by atoms with Crippen molar-refractivity contribution in [3.05, 3.63) is 87.2 Å². The summed E-state index contributed by atoms with van der Waals surface area (Å²) in [6.45, 7) is 5.44. The standard InChI is InChI=1S/C34H40FN7O6/c1-4-26-34(46)37-19-22-8-10-27(25(35)16-22)48-29-17-23(9-11-28(29)47-3)33(45)36-12-6-14-41(13-5-7-31(43)39-26)20-24-18-32(44)42-30(38-24)15-21(2)40-42/h8-11,15-18,26,40H,4-7,12-14,19-20H2,1-3H3,(H,36,45)(H,37,46)(H,39,43)/t26-/m0/s1. The second-order valence-corrected chi connectivity index (χ2v) is 11.7. The van der Waals surface area contributed by atoms with E-state index in [0.29, 0.717) is 73.7 Å². The summed E-state index contributed by atoms with van der Waals surface area (Å²) in [5.41, 5.74) is 2.48. The molecule has 48 heavy (non-hydrogen) atoms. The molecule has 13 nitrogen and oxygen atoms in total. The molecular formula is C34H40FN7O6. The molecule has 0 aliphatic carbocycles. The number of carbonyl (C=O) groups excluding carboxylic acids is 3. The SMILES string of the molecule is CC[C@@H]1NC(=O)CCCN(Cc2cc(=O)n3[nH]c(C)cc3n2)CCCNC(=O)c2ccc(OC)c(c2)Oc2ccc(cc2F)CNC1=O. The molecule has 0 spiro atoms. The Balaban J connectivity index is 1.36. The first-order valence-corrected chi connectivity index (χ1v) is 15.9. The third-order valence-electron chi connectivity index (χ3n) is 8.00. The third-order valence-corrected chi connectivity index (χ3v) is 8.00. The molecule has 2 aliphatic rings. The molecule has 4 heterocycles. The second-order valence-electron chi connectivity index (χ2n) is 11.7. The molecule has 0 fully saturated rings. The van der Waals surface area contributed by atoms with Crippen molar-refractivity contribution in [1.29, 1.82) is 0 Å². The summed E-state index contributed by atoms with van der Waals surface area (Å²) < 4.78 is 27.6. The van der Waals surface area contributed by atoms with Gasteiger partial charge in [0.05, 0.1) is 12.8 Å². The summed E-state index contributed by atoms with van der Waals surface area (Å²) in [5, 5.41) is 11.4. The van der Waals surface area contributed by atoms with Gasteiger partial charge in [-0.3, -0.25) is 29.2 Å². The highest BCUT2D eigenvalue weighted by Crippen LogP contribution is 2.34. The Morgan fingerprint density at radius 2 is 1.81 bits per heavy atom. The van der Waals surface area contributed by atoms with Crippen LogP contribution >= 0.6 is 0 Å². The molecule has 4 N–H and O–H groups in total. The number of nitrogens with one attached hydrogen (secondary N) is 4. The average Bonchev–Trinajstić information content (AvgIpc) is 3.45. The number of H-pyrrole nitrogens is 1. The van der Waals surface area contributed by atoms with Crippen molar-refractivity contribution in [3.8, 4) is 17.2 Å². The molecule has 6 rings (SSSR count). The molecule has 2 aromatic carbocycles. The van der Waals surface area contributed by atoms with Crippen molar-refractivity contribution in [2.45, 2.75) is 58.7 Å². The molecule has 4 bridgehead atoms. The zero-order valence-corrected chi connectivity index (χ0v) is 27.2. The first kappa shape index (κ1) is 34.1. The summed E-state index contributed by atoms with van der Waals surface area (Å²) in [4.78, 5) is 58.2. The van der Waals surface area contributed by atoms with Crippen molar-refractivity contribution >= 4 is 23.4 Å². The molecule has 14 heteroatoms. The Bertz CT molecular complexity index is 1860. The highest BCUT2D eigenvalue weighted by molar-refractivity contribution is 5.95. The number of amides is 3. The van der Waals surface area contributed by atoms with Gasteiger partial charge in [0.2, 0.25) is 11.8 Å². The lowest BCUT2D eigenvalue weighted by molar-refractivity contribution is -0.129. The molecule has 2 aliphatic heterocycles. The number of aryl methyl sites for hydroxylation is 1. The van der Waals surface area contributed by atoms with Crippen LogP contribution in [0.15, 0.2) is 53.3 Å². The van der Waals surface area contributed by atoms with Crippen LogP contribution < -0.4 is 31.0 Å². The normalized spacial score (nSPS) is 17.3. The molecular weight excluding hydrogens is 621 g/mol. The van der Waals surface area contributed by atoms with Gasteiger partial charge in [-0.05, 0) is 68.6 Å². The number of hydrogen-bond donors (Lipinski definition) is 4. The quantitative estimate of drug-likeness (QED) is 0.260. The van der Waals surface area contributed by atoms with E-state index in [-0.39, 0.29) is 47.7 Å². The van der Waals surface area contributed by atoms with Crippen LogP contribution in [0.3, 0.4) is 0 Å². The number of halogens is 1. The number of nitrogens with zero attached hydrogens (tertiary/aromatic N) is 3. The predicted molar refractivity (Wildman–Crippen MR) is 176 cm³/mol. The van der Waals surface area contributed by atoms with Crippen molar-refractivity contribution in [3.63, 3.8) is 0 Å². The molecule has 4 aromatic rings. The highest BCUT2D eigenvalue weighted by atomic mass is 19.1. The minimum absolute atomic E-state index is 0.0437.